The van der Waals surface area contributed by atoms with Crippen molar-refractivity contribution < 1.29 is 27.5 Å². The number of aromatic nitrogens is 1. The Kier molecular flexibility index (Phi) is 6.52. The van der Waals surface area contributed by atoms with Crippen LogP contribution in [0.5, 0.6) is 0 Å². The van der Waals surface area contributed by atoms with Gasteiger partial charge in [-0.1, -0.05) is 12.1 Å². The van der Waals surface area contributed by atoms with Gasteiger partial charge in [-0.2, -0.15) is 13.2 Å². The number of thiophene rings is 1. The molecule has 0 radical (unpaired) electrons. The maximum Gasteiger partial charge on any atom is 0.416 e. The number of likely N-dealkylation sites (tertiary alicyclic amines) is 1. The molecule has 2 aromatic heterocycles. The van der Waals surface area contributed by atoms with E-state index in [0.717, 1.165) is 27.2 Å². The SMILES string of the molecule is CCOC(=O)C1CCCN(C(=O)c2cc3sc(C)cc3n2Cc2ccc(C(F)(F)F)cc2)C1. The lowest BCUT2D eigenvalue weighted by molar-refractivity contribution is -0.149. The number of aryl methyl sites for hydroxylation is 1. The van der Waals surface area contributed by atoms with E-state index in [1.54, 1.807) is 23.2 Å². The molecule has 1 amide bonds. The van der Waals surface area contributed by atoms with Crippen molar-refractivity contribution >= 4 is 33.4 Å². The minimum atomic E-state index is -4.39. The number of rotatable bonds is 5. The highest BCUT2D eigenvalue weighted by atomic mass is 32.1. The van der Waals surface area contributed by atoms with Gasteiger partial charge in [0, 0.05) is 24.5 Å². The first-order valence-corrected chi connectivity index (χ1v) is 11.7. The summed E-state index contributed by atoms with van der Waals surface area (Å²) in [6.07, 6.45) is -3.00. The van der Waals surface area contributed by atoms with Gasteiger partial charge in [-0.3, -0.25) is 9.59 Å². The maximum absolute atomic E-state index is 13.5. The van der Waals surface area contributed by atoms with Gasteiger partial charge in [-0.25, -0.2) is 0 Å². The molecule has 4 rings (SSSR count). The predicted molar refractivity (Wildman–Crippen MR) is 120 cm³/mol. The van der Waals surface area contributed by atoms with Gasteiger partial charge in [-0.15, -0.1) is 11.3 Å². The highest BCUT2D eigenvalue weighted by molar-refractivity contribution is 7.19. The number of benzene rings is 1. The number of halogens is 3. The van der Waals surface area contributed by atoms with Crippen molar-refractivity contribution in [3.63, 3.8) is 0 Å². The van der Waals surface area contributed by atoms with Crippen LogP contribution in [0.1, 0.15) is 46.3 Å². The fraction of sp³-hybridized carbons (Fsp3) is 0.417. The molecular weight excluding hydrogens is 453 g/mol. The van der Waals surface area contributed by atoms with Crippen LogP contribution in [0.25, 0.3) is 10.2 Å². The monoisotopic (exact) mass is 478 g/mol. The van der Waals surface area contributed by atoms with Crippen LogP contribution in [-0.4, -0.2) is 41.0 Å². The molecule has 5 nitrogen and oxygen atoms in total. The van der Waals surface area contributed by atoms with Crippen LogP contribution in [0.3, 0.4) is 0 Å². The Morgan fingerprint density at radius 2 is 1.91 bits per heavy atom. The Labute approximate surface area is 193 Å². The van der Waals surface area contributed by atoms with Crippen molar-refractivity contribution in [1.29, 1.82) is 0 Å². The number of esters is 1. The molecule has 1 atom stereocenters. The van der Waals surface area contributed by atoms with E-state index in [0.29, 0.717) is 43.8 Å². The lowest BCUT2D eigenvalue weighted by Crippen LogP contribution is -2.43. The summed E-state index contributed by atoms with van der Waals surface area (Å²) in [5, 5.41) is 0. The molecule has 1 aromatic carbocycles. The van der Waals surface area contributed by atoms with Gasteiger partial charge < -0.3 is 14.2 Å². The molecule has 0 spiro atoms. The number of nitrogens with zero attached hydrogens (tertiary/aromatic N) is 2. The Hall–Kier alpha value is -2.81. The summed E-state index contributed by atoms with van der Waals surface area (Å²) in [5.74, 6) is -0.812. The summed E-state index contributed by atoms with van der Waals surface area (Å²) in [6, 6.07) is 8.83. The van der Waals surface area contributed by atoms with Gasteiger partial charge in [0.05, 0.1) is 28.3 Å². The van der Waals surface area contributed by atoms with Crippen molar-refractivity contribution in [3.05, 3.63) is 58.1 Å². The van der Waals surface area contributed by atoms with E-state index >= 15 is 0 Å². The van der Waals surface area contributed by atoms with Gasteiger partial charge in [0.15, 0.2) is 0 Å². The summed E-state index contributed by atoms with van der Waals surface area (Å²) in [6.45, 7) is 5.15. The van der Waals surface area contributed by atoms with Crippen LogP contribution >= 0.6 is 11.3 Å². The number of alkyl halides is 3. The van der Waals surface area contributed by atoms with E-state index < -0.39 is 11.7 Å². The first-order chi connectivity index (χ1) is 15.7. The molecule has 3 aromatic rings. The minimum Gasteiger partial charge on any atom is -0.466 e. The smallest absolute Gasteiger partial charge is 0.416 e. The molecule has 3 heterocycles. The highest BCUT2D eigenvalue weighted by Gasteiger charge is 2.32. The number of fused-ring (bicyclic) bond motifs is 1. The molecule has 0 aliphatic carbocycles. The number of ether oxygens (including phenoxy) is 1. The quantitative estimate of drug-likeness (QED) is 0.456. The molecule has 0 N–H and O–H groups in total. The highest BCUT2D eigenvalue weighted by Crippen LogP contribution is 2.32. The summed E-state index contributed by atoms with van der Waals surface area (Å²) >= 11 is 1.57. The standard InChI is InChI=1S/C24H25F3N2O3S/c1-3-32-23(31)17-5-4-10-28(14-17)22(30)20-12-21-19(11-15(2)33-21)29(20)13-16-6-8-18(9-7-16)24(25,26)27/h6-9,11-12,17H,3-5,10,13-14H2,1-2H3. The van der Waals surface area contributed by atoms with E-state index in [1.807, 2.05) is 23.6 Å². The van der Waals surface area contributed by atoms with Gasteiger partial charge in [0.25, 0.3) is 5.91 Å². The number of hydrogen-bond acceptors (Lipinski definition) is 4. The van der Waals surface area contributed by atoms with Crippen molar-refractivity contribution in [1.82, 2.24) is 9.47 Å². The third-order valence-electron chi connectivity index (χ3n) is 5.88. The van der Waals surface area contributed by atoms with Crippen molar-refractivity contribution in [2.24, 2.45) is 5.92 Å². The second kappa shape index (κ2) is 9.21. The van der Waals surface area contributed by atoms with E-state index in [-0.39, 0.29) is 24.3 Å². The third kappa shape index (κ3) is 4.93. The lowest BCUT2D eigenvalue weighted by Gasteiger charge is -2.31. The molecule has 1 aliphatic rings. The average Bonchev–Trinajstić information content (AvgIpc) is 3.30. The Balaban J connectivity index is 1.63. The normalized spacial score (nSPS) is 16.9. The zero-order valence-electron chi connectivity index (χ0n) is 18.4. The fourth-order valence-corrected chi connectivity index (χ4v) is 5.23. The van der Waals surface area contributed by atoms with Crippen LogP contribution in [0.2, 0.25) is 0 Å². The predicted octanol–water partition coefficient (Wildman–Crippen LogP) is 5.49. The molecule has 33 heavy (non-hydrogen) atoms. The molecule has 0 bridgehead atoms. The number of amides is 1. The van der Waals surface area contributed by atoms with E-state index in [1.165, 1.54) is 12.1 Å². The molecule has 176 valence electrons. The van der Waals surface area contributed by atoms with E-state index in [4.69, 9.17) is 4.74 Å². The zero-order valence-corrected chi connectivity index (χ0v) is 19.3. The van der Waals surface area contributed by atoms with Crippen LogP contribution in [0, 0.1) is 12.8 Å². The van der Waals surface area contributed by atoms with Crippen LogP contribution < -0.4 is 0 Å². The largest absolute Gasteiger partial charge is 0.466 e. The Morgan fingerprint density at radius 3 is 2.58 bits per heavy atom. The first-order valence-electron chi connectivity index (χ1n) is 10.9. The van der Waals surface area contributed by atoms with Crippen LogP contribution in [0.4, 0.5) is 13.2 Å². The second-order valence-electron chi connectivity index (χ2n) is 8.26. The second-order valence-corrected chi connectivity index (χ2v) is 9.55. The van der Waals surface area contributed by atoms with Crippen molar-refractivity contribution in [2.45, 2.75) is 39.4 Å². The zero-order chi connectivity index (χ0) is 23.8. The first kappa shape index (κ1) is 23.4. The number of hydrogen-bond donors (Lipinski definition) is 0. The summed E-state index contributed by atoms with van der Waals surface area (Å²) in [5.41, 5.74) is 1.31. The molecule has 1 saturated heterocycles. The van der Waals surface area contributed by atoms with Gasteiger partial charge in [-0.05, 0) is 56.5 Å². The van der Waals surface area contributed by atoms with E-state index in [2.05, 4.69) is 0 Å². The summed E-state index contributed by atoms with van der Waals surface area (Å²) in [7, 11) is 0. The summed E-state index contributed by atoms with van der Waals surface area (Å²) in [4.78, 5) is 28.5. The van der Waals surface area contributed by atoms with Gasteiger partial charge in [0.1, 0.15) is 5.69 Å². The number of carbonyl (C=O) groups excluding carboxylic acids is 2. The van der Waals surface area contributed by atoms with Crippen molar-refractivity contribution in [3.8, 4) is 0 Å². The molecular formula is C24H25F3N2O3S. The Morgan fingerprint density at radius 1 is 1.18 bits per heavy atom. The van der Waals surface area contributed by atoms with Crippen LogP contribution in [-0.2, 0) is 22.3 Å². The summed E-state index contributed by atoms with van der Waals surface area (Å²) < 4.78 is 46.7. The maximum atomic E-state index is 13.5. The fourth-order valence-electron chi connectivity index (χ4n) is 4.27. The van der Waals surface area contributed by atoms with Crippen LogP contribution in [0.15, 0.2) is 36.4 Å². The molecule has 9 heteroatoms. The third-order valence-corrected chi connectivity index (χ3v) is 6.87. The topological polar surface area (TPSA) is 51.5 Å². The van der Waals surface area contributed by atoms with Gasteiger partial charge in [0.2, 0.25) is 0 Å². The average molecular weight is 479 g/mol. The minimum absolute atomic E-state index is 0.183. The lowest BCUT2D eigenvalue weighted by atomic mass is 9.98. The van der Waals surface area contributed by atoms with Crippen molar-refractivity contribution in [2.75, 3.05) is 19.7 Å². The molecule has 1 unspecified atom stereocenters. The van der Waals surface area contributed by atoms with Gasteiger partial charge >= 0.3 is 12.1 Å². The van der Waals surface area contributed by atoms with E-state index in [9.17, 15) is 22.8 Å². The number of carbonyl (C=O) groups is 2. The Bertz CT molecular complexity index is 1160. The number of piperidine rings is 1. The molecule has 0 saturated carbocycles. The molecule has 1 fully saturated rings. The molecule has 1 aliphatic heterocycles.